The number of carboxylic acid groups (broad SMARTS) is 1. The molecule has 2 aromatic rings. The topological polar surface area (TPSA) is 89.8 Å². The van der Waals surface area contributed by atoms with E-state index in [9.17, 15) is 23.4 Å². The maximum Gasteiger partial charge on any atom is 0.490 e. The van der Waals surface area contributed by atoms with Gasteiger partial charge in [-0.05, 0) is 53.6 Å². The fraction of sp³-hybridized carbons (Fsp3) is 0.450. The van der Waals surface area contributed by atoms with Crippen LogP contribution < -0.4 is 5.32 Å². The molecule has 9 heteroatoms. The summed E-state index contributed by atoms with van der Waals surface area (Å²) >= 11 is 1.92. The van der Waals surface area contributed by atoms with Gasteiger partial charge in [-0.1, -0.05) is 13.8 Å². The van der Waals surface area contributed by atoms with Crippen LogP contribution in [-0.2, 0) is 17.8 Å². The zero-order chi connectivity index (χ0) is 21.5. The van der Waals surface area contributed by atoms with Crippen LogP contribution in [0.5, 0.6) is 11.5 Å². The summed E-state index contributed by atoms with van der Waals surface area (Å²) in [6.45, 7) is 5.42. The van der Waals surface area contributed by atoms with Gasteiger partial charge in [0.1, 0.15) is 0 Å². The van der Waals surface area contributed by atoms with E-state index in [1.54, 1.807) is 12.1 Å². The maximum absolute atomic E-state index is 10.6. The maximum atomic E-state index is 10.6. The minimum Gasteiger partial charge on any atom is -0.504 e. The second-order valence-electron chi connectivity index (χ2n) is 7.54. The highest BCUT2D eigenvalue weighted by Gasteiger charge is 2.38. The van der Waals surface area contributed by atoms with Gasteiger partial charge >= 0.3 is 12.1 Å². The first-order chi connectivity index (χ1) is 13.5. The van der Waals surface area contributed by atoms with E-state index in [1.165, 1.54) is 26.4 Å². The van der Waals surface area contributed by atoms with E-state index in [4.69, 9.17) is 9.90 Å². The number of aromatic hydroxyl groups is 2. The van der Waals surface area contributed by atoms with Crippen molar-refractivity contribution in [1.82, 2.24) is 5.32 Å². The molecule has 2 heterocycles. The molecule has 0 fully saturated rings. The summed E-state index contributed by atoms with van der Waals surface area (Å²) in [6.07, 6.45) is -3.05. The molecule has 1 aromatic heterocycles. The Balaban J connectivity index is 0.000000298. The molecule has 0 saturated heterocycles. The highest BCUT2D eigenvalue weighted by Crippen LogP contribution is 2.47. The highest BCUT2D eigenvalue weighted by atomic mass is 32.1. The molecule has 4 rings (SSSR count). The van der Waals surface area contributed by atoms with Crippen molar-refractivity contribution in [3.63, 3.8) is 0 Å². The number of halogens is 3. The van der Waals surface area contributed by atoms with Gasteiger partial charge in [0.05, 0.1) is 0 Å². The number of hydrogen-bond donors (Lipinski definition) is 4. The number of alkyl halides is 3. The zero-order valence-corrected chi connectivity index (χ0v) is 16.7. The lowest BCUT2D eigenvalue weighted by Gasteiger charge is -2.38. The summed E-state index contributed by atoms with van der Waals surface area (Å²) in [5.41, 5.74) is 3.75. The van der Waals surface area contributed by atoms with Crippen LogP contribution in [0.15, 0.2) is 18.2 Å². The Labute approximate surface area is 169 Å². The van der Waals surface area contributed by atoms with Crippen molar-refractivity contribution in [3.05, 3.63) is 44.6 Å². The molecule has 29 heavy (non-hydrogen) atoms. The smallest absolute Gasteiger partial charge is 0.490 e. The molecule has 0 saturated carbocycles. The predicted molar refractivity (Wildman–Crippen MR) is 103 cm³/mol. The van der Waals surface area contributed by atoms with Gasteiger partial charge in [0.2, 0.25) is 0 Å². The van der Waals surface area contributed by atoms with Crippen LogP contribution >= 0.6 is 11.3 Å². The second kappa shape index (κ2) is 7.87. The molecule has 1 aliphatic carbocycles. The lowest BCUT2D eigenvalue weighted by molar-refractivity contribution is -0.192. The average molecular weight is 429 g/mol. The molecule has 2 aliphatic rings. The van der Waals surface area contributed by atoms with Crippen molar-refractivity contribution in [1.29, 1.82) is 0 Å². The highest BCUT2D eigenvalue weighted by molar-refractivity contribution is 7.12. The van der Waals surface area contributed by atoms with Gasteiger partial charge in [-0.15, -0.1) is 11.3 Å². The van der Waals surface area contributed by atoms with Gasteiger partial charge in [-0.25, -0.2) is 4.79 Å². The molecule has 158 valence electrons. The van der Waals surface area contributed by atoms with Gasteiger partial charge in [0.25, 0.3) is 0 Å². The monoisotopic (exact) mass is 429 g/mol. The molecule has 1 aliphatic heterocycles. The van der Waals surface area contributed by atoms with E-state index in [0.717, 1.165) is 19.4 Å². The van der Waals surface area contributed by atoms with Crippen molar-refractivity contribution >= 4 is 17.3 Å². The van der Waals surface area contributed by atoms with E-state index in [2.05, 4.69) is 25.2 Å². The van der Waals surface area contributed by atoms with Crippen LogP contribution in [0, 0.1) is 0 Å². The molecule has 0 radical (unpaired) electrons. The molecule has 0 unspecified atom stereocenters. The third-order valence-electron chi connectivity index (χ3n) is 5.21. The van der Waals surface area contributed by atoms with E-state index < -0.39 is 12.1 Å². The molecule has 0 amide bonds. The lowest BCUT2D eigenvalue weighted by Crippen LogP contribution is -2.41. The first-order valence-electron chi connectivity index (χ1n) is 9.19. The van der Waals surface area contributed by atoms with Crippen LogP contribution in [0.3, 0.4) is 0 Å². The average Bonchev–Trinajstić information content (AvgIpc) is 3.07. The van der Waals surface area contributed by atoms with Gasteiger partial charge < -0.3 is 20.6 Å². The van der Waals surface area contributed by atoms with Gasteiger partial charge in [-0.3, -0.25) is 0 Å². The Bertz CT molecular complexity index is 923. The molecule has 1 aromatic carbocycles. The van der Waals surface area contributed by atoms with E-state index in [0.29, 0.717) is 17.9 Å². The normalized spacial score (nSPS) is 20.2. The number of fused-ring (bicyclic) bond motifs is 5. The zero-order valence-electron chi connectivity index (χ0n) is 15.9. The van der Waals surface area contributed by atoms with E-state index in [1.807, 2.05) is 11.3 Å². The summed E-state index contributed by atoms with van der Waals surface area (Å²) in [7, 11) is 0. The Morgan fingerprint density at radius 2 is 1.79 bits per heavy atom. The summed E-state index contributed by atoms with van der Waals surface area (Å²) in [5, 5.41) is 30.5. The Morgan fingerprint density at radius 3 is 2.38 bits per heavy atom. The van der Waals surface area contributed by atoms with Gasteiger partial charge in [0, 0.05) is 28.3 Å². The molecule has 5 nitrogen and oxygen atoms in total. The Morgan fingerprint density at radius 1 is 1.17 bits per heavy atom. The molecule has 0 spiro atoms. The van der Waals surface area contributed by atoms with Crippen LogP contribution in [0.2, 0.25) is 0 Å². The number of carboxylic acids is 1. The van der Waals surface area contributed by atoms with Crippen molar-refractivity contribution in [2.45, 2.75) is 57.3 Å². The number of thiophene rings is 1. The molecule has 0 bridgehead atoms. The summed E-state index contributed by atoms with van der Waals surface area (Å²) in [5.74, 6) is -1.92. The first kappa shape index (κ1) is 21.4. The van der Waals surface area contributed by atoms with Gasteiger partial charge in [-0.2, -0.15) is 13.2 Å². The van der Waals surface area contributed by atoms with Gasteiger partial charge in [0.15, 0.2) is 11.5 Å². The third kappa shape index (κ3) is 4.35. The van der Waals surface area contributed by atoms with E-state index in [-0.39, 0.29) is 11.5 Å². The molecule has 4 N–H and O–H groups in total. The number of aliphatic carboxylic acids is 1. The number of benzene rings is 1. The number of aryl methyl sites for hydroxylation is 1. The fourth-order valence-corrected chi connectivity index (χ4v) is 5.14. The van der Waals surface area contributed by atoms with E-state index >= 15 is 0 Å². The minimum atomic E-state index is -5.08. The fourth-order valence-electron chi connectivity index (χ4n) is 3.77. The first-order valence-corrected chi connectivity index (χ1v) is 10.0. The Hall–Kier alpha value is -2.26. The number of nitrogens with one attached hydrogen (secondary N) is 1. The van der Waals surface area contributed by atoms with Crippen molar-refractivity contribution in [2.24, 2.45) is 0 Å². The van der Waals surface area contributed by atoms with Crippen LogP contribution in [0.1, 0.15) is 58.5 Å². The number of phenolic OH excluding ortho intramolecular Hbond substituents is 2. The van der Waals surface area contributed by atoms with Crippen molar-refractivity contribution in [2.75, 3.05) is 0 Å². The number of phenols is 2. The number of carbonyl (C=O) groups is 1. The predicted octanol–water partition coefficient (Wildman–Crippen LogP) is 4.47. The molecular formula is C20H22F3NO4S. The largest absolute Gasteiger partial charge is 0.504 e. The Kier molecular flexibility index (Phi) is 5.82. The number of hydrogen-bond acceptors (Lipinski definition) is 5. The SMILES string of the molecule is CC(C)c1cc2c(s1)[C@@H]1c3cc(O)c(O)cc3CC[C@H]1NC2.O=C(O)C(F)(F)F. The molecular weight excluding hydrogens is 407 g/mol. The van der Waals surface area contributed by atoms with Crippen LogP contribution in [-0.4, -0.2) is 33.5 Å². The number of rotatable bonds is 1. The summed E-state index contributed by atoms with van der Waals surface area (Å²) in [4.78, 5) is 11.8. The second-order valence-corrected chi connectivity index (χ2v) is 8.65. The summed E-state index contributed by atoms with van der Waals surface area (Å²) in [6, 6.07) is 6.28. The summed E-state index contributed by atoms with van der Waals surface area (Å²) < 4.78 is 31.7. The molecule has 2 atom stereocenters. The standard InChI is InChI=1S/C18H21NO2S.C2HF3O2/c1-9(2)16-6-11-8-19-13-4-3-10-5-14(20)15(21)7-12(10)17(13)18(11)22-16;3-2(4,5)1(6)7/h5-7,9,13,17,19-21H,3-4,8H2,1-2H3;(H,6,7)/t13-,17-;/m1./s1. The van der Waals surface area contributed by atoms with Crippen LogP contribution in [0.25, 0.3) is 0 Å². The van der Waals surface area contributed by atoms with Crippen molar-refractivity contribution in [3.8, 4) is 11.5 Å². The van der Waals surface area contributed by atoms with Crippen molar-refractivity contribution < 1.29 is 33.3 Å². The third-order valence-corrected chi connectivity index (χ3v) is 6.77. The lowest BCUT2D eigenvalue weighted by atomic mass is 9.75. The minimum absolute atomic E-state index is 0.00441. The van der Waals surface area contributed by atoms with Crippen LogP contribution in [0.4, 0.5) is 13.2 Å². The quantitative estimate of drug-likeness (QED) is 0.503.